The van der Waals surface area contributed by atoms with Crippen molar-refractivity contribution in [1.29, 1.82) is 0 Å². The number of rotatable bonds is 0. The molecular weight excluding hydrogens is 220 g/mol. The standard InChI is InChI=1S/C12H22N2O3/c1-12(2,3)17-11(15)14-4-8-6-16-7-9(5-14)10(8)13/h8-10H,4-7,13H2,1-3H3/t8-,9+,10?. The van der Waals surface area contributed by atoms with Crippen LogP contribution in [0.2, 0.25) is 0 Å². The minimum Gasteiger partial charge on any atom is -0.444 e. The van der Waals surface area contributed by atoms with Gasteiger partial charge in [0.1, 0.15) is 5.60 Å². The van der Waals surface area contributed by atoms with Crippen molar-refractivity contribution < 1.29 is 14.3 Å². The predicted molar refractivity (Wildman–Crippen MR) is 63.6 cm³/mol. The van der Waals surface area contributed by atoms with Gasteiger partial charge in [-0.1, -0.05) is 0 Å². The molecule has 1 amide bonds. The fourth-order valence-corrected chi connectivity index (χ4v) is 2.44. The van der Waals surface area contributed by atoms with Crippen molar-refractivity contribution in [3.05, 3.63) is 0 Å². The highest BCUT2D eigenvalue weighted by Gasteiger charge is 2.40. The van der Waals surface area contributed by atoms with E-state index in [4.69, 9.17) is 15.2 Å². The third-order valence-corrected chi connectivity index (χ3v) is 3.31. The molecule has 0 radical (unpaired) electrons. The van der Waals surface area contributed by atoms with Crippen LogP contribution in [0.1, 0.15) is 20.8 Å². The van der Waals surface area contributed by atoms with Crippen LogP contribution in [0, 0.1) is 11.8 Å². The lowest BCUT2D eigenvalue weighted by Crippen LogP contribution is -2.60. The van der Waals surface area contributed by atoms with Crippen molar-refractivity contribution in [2.75, 3.05) is 26.3 Å². The van der Waals surface area contributed by atoms with Crippen LogP contribution in [0.5, 0.6) is 0 Å². The van der Waals surface area contributed by atoms with E-state index in [2.05, 4.69) is 0 Å². The van der Waals surface area contributed by atoms with Gasteiger partial charge < -0.3 is 20.1 Å². The number of hydrogen-bond donors (Lipinski definition) is 1. The molecule has 0 aromatic heterocycles. The van der Waals surface area contributed by atoms with E-state index in [0.717, 1.165) is 0 Å². The number of piperidine rings is 1. The maximum Gasteiger partial charge on any atom is 0.410 e. The highest BCUT2D eigenvalue weighted by Crippen LogP contribution is 2.27. The van der Waals surface area contributed by atoms with Gasteiger partial charge in [-0.3, -0.25) is 0 Å². The van der Waals surface area contributed by atoms with Crippen molar-refractivity contribution in [1.82, 2.24) is 4.90 Å². The van der Waals surface area contributed by atoms with Crippen LogP contribution in [0.15, 0.2) is 0 Å². The van der Waals surface area contributed by atoms with Crippen LogP contribution in [-0.2, 0) is 9.47 Å². The zero-order chi connectivity index (χ0) is 12.6. The second-order valence-electron chi connectivity index (χ2n) is 6.02. The number of likely N-dealkylation sites (tertiary alicyclic amines) is 1. The Hall–Kier alpha value is -0.810. The molecule has 2 fully saturated rings. The molecule has 3 atom stereocenters. The van der Waals surface area contributed by atoms with Gasteiger partial charge in [0, 0.05) is 31.0 Å². The summed E-state index contributed by atoms with van der Waals surface area (Å²) in [7, 11) is 0. The van der Waals surface area contributed by atoms with Crippen molar-refractivity contribution in [2.45, 2.75) is 32.4 Å². The lowest BCUT2D eigenvalue weighted by molar-refractivity contribution is -0.0598. The lowest BCUT2D eigenvalue weighted by Gasteiger charge is -2.45. The van der Waals surface area contributed by atoms with Gasteiger partial charge in [-0.25, -0.2) is 4.79 Å². The zero-order valence-corrected chi connectivity index (χ0v) is 10.8. The van der Waals surface area contributed by atoms with Crippen LogP contribution < -0.4 is 5.73 Å². The molecule has 2 bridgehead atoms. The highest BCUT2D eigenvalue weighted by atomic mass is 16.6. The highest BCUT2D eigenvalue weighted by molar-refractivity contribution is 5.68. The Labute approximate surface area is 102 Å². The number of carbonyl (C=O) groups is 1. The molecule has 2 rings (SSSR count). The number of nitrogens with zero attached hydrogens (tertiary/aromatic N) is 1. The second kappa shape index (κ2) is 4.46. The van der Waals surface area contributed by atoms with Crippen molar-refractivity contribution in [2.24, 2.45) is 17.6 Å². The number of fused-ring (bicyclic) bond motifs is 2. The van der Waals surface area contributed by atoms with Gasteiger partial charge in [-0.05, 0) is 20.8 Å². The maximum absolute atomic E-state index is 12.0. The van der Waals surface area contributed by atoms with Crippen LogP contribution in [0.4, 0.5) is 4.79 Å². The summed E-state index contributed by atoms with van der Waals surface area (Å²) in [5, 5.41) is 0. The summed E-state index contributed by atoms with van der Waals surface area (Å²) < 4.78 is 10.9. The monoisotopic (exact) mass is 242 g/mol. The molecule has 2 aliphatic rings. The smallest absolute Gasteiger partial charge is 0.410 e. The molecule has 0 aromatic carbocycles. The Morgan fingerprint density at radius 1 is 1.29 bits per heavy atom. The number of amides is 1. The third kappa shape index (κ3) is 2.90. The SMILES string of the molecule is CC(C)(C)OC(=O)N1C[C@H]2COC[C@@H](C1)C2N. The minimum absolute atomic E-state index is 0.155. The topological polar surface area (TPSA) is 64.8 Å². The molecule has 5 heteroatoms. The van der Waals surface area contributed by atoms with Crippen molar-refractivity contribution in [3.8, 4) is 0 Å². The number of hydrogen-bond acceptors (Lipinski definition) is 4. The molecular formula is C12H22N2O3. The summed E-state index contributed by atoms with van der Waals surface area (Å²) in [6.07, 6.45) is -0.235. The summed E-state index contributed by atoms with van der Waals surface area (Å²) >= 11 is 0. The minimum atomic E-state index is -0.442. The molecule has 1 unspecified atom stereocenters. The lowest BCUT2D eigenvalue weighted by atomic mass is 9.83. The maximum atomic E-state index is 12.0. The van der Waals surface area contributed by atoms with E-state index in [1.807, 2.05) is 20.8 Å². The fraction of sp³-hybridized carbons (Fsp3) is 0.917. The first-order valence-corrected chi connectivity index (χ1v) is 6.18. The first kappa shape index (κ1) is 12.6. The van der Waals surface area contributed by atoms with E-state index in [0.29, 0.717) is 26.3 Å². The molecule has 0 aromatic rings. The number of ether oxygens (including phenoxy) is 2. The normalized spacial score (nSPS) is 33.4. The Kier molecular flexibility index (Phi) is 3.32. The van der Waals surface area contributed by atoms with E-state index in [9.17, 15) is 4.79 Å². The number of nitrogens with two attached hydrogens (primary N) is 1. The molecule has 2 N–H and O–H groups in total. The predicted octanol–water partition coefficient (Wildman–Crippen LogP) is 0.827. The van der Waals surface area contributed by atoms with Gasteiger partial charge >= 0.3 is 6.09 Å². The summed E-state index contributed by atoms with van der Waals surface area (Å²) in [5.74, 6) is 0.491. The summed E-state index contributed by atoms with van der Waals surface area (Å²) in [4.78, 5) is 13.7. The Morgan fingerprint density at radius 3 is 2.29 bits per heavy atom. The average Bonchev–Trinajstić information content (AvgIpc) is 2.13. The van der Waals surface area contributed by atoms with Crippen molar-refractivity contribution in [3.63, 3.8) is 0 Å². The molecule has 5 nitrogen and oxygen atoms in total. The second-order valence-corrected chi connectivity index (χ2v) is 6.02. The van der Waals surface area contributed by atoms with Crippen molar-refractivity contribution >= 4 is 6.09 Å². The van der Waals surface area contributed by atoms with E-state index >= 15 is 0 Å². The molecule has 2 saturated heterocycles. The average molecular weight is 242 g/mol. The molecule has 2 heterocycles. The molecule has 0 spiro atoms. The van der Waals surface area contributed by atoms with Gasteiger partial charge in [0.15, 0.2) is 0 Å². The number of carbonyl (C=O) groups excluding carboxylic acids is 1. The van der Waals surface area contributed by atoms with Gasteiger partial charge in [-0.15, -0.1) is 0 Å². The van der Waals surface area contributed by atoms with E-state index in [1.165, 1.54) is 0 Å². The van der Waals surface area contributed by atoms with E-state index in [-0.39, 0.29) is 24.0 Å². The Bertz CT molecular complexity index is 287. The molecule has 0 aliphatic carbocycles. The van der Waals surface area contributed by atoms with Gasteiger partial charge in [0.2, 0.25) is 0 Å². The van der Waals surface area contributed by atoms with Gasteiger partial charge in [-0.2, -0.15) is 0 Å². The first-order chi connectivity index (χ1) is 7.87. The third-order valence-electron chi connectivity index (χ3n) is 3.31. The Morgan fingerprint density at radius 2 is 1.82 bits per heavy atom. The molecule has 0 saturated carbocycles. The molecule has 2 aliphatic heterocycles. The van der Waals surface area contributed by atoms with Crippen LogP contribution in [0.3, 0.4) is 0 Å². The summed E-state index contributed by atoms with van der Waals surface area (Å²) in [6.45, 7) is 8.23. The van der Waals surface area contributed by atoms with Crippen LogP contribution >= 0.6 is 0 Å². The van der Waals surface area contributed by atoms with Gasteiger partial charge in [0.25, 0.3) is 0 Å². The quantitative estimate of drug-likeness (QED) is 0.683. The van der Waals surface area contributed by atoms with Gasteiger partial charge in [0.05, 0.1) is 13.2 Å². The summed E-state index contributed by atoms with van der Waals surface area (Å²) in [6, 6.07) is 0.155. The molecule has 98 valence electrons. The van der Waals surface area contributed by atoms with Crippen LogP contribution in [-0.4, -0.2) is 48.9 Å². The van der Waals surface area contributed by atoms with E-state index in [1.54, 1.807) is 4.90 Å². The Balaban J connectivity index is 1.97. The fourth-order valence-electron chi connectivity index (χ4n) is 2.44. The largest absolute Gasteiger partial charge is 0.444 e. The molecule has 17 heavy (non-hydrogen) atoms. The first-order valence-electron chi connectivity index (χ1n) is 6.18. The van der Waals surface area contributed by atoms with E-state index < -0.39 is 5.60 Å². The zero-order valence-electron chi connectivity index (χ0n) is 10.8. The van der Waals surface area contributed by atoms with Crippen LogP contribution in [0.25, 0.3) is 0 Å². The summed E-state index contributed by atoms with van der Waals surface area (Å²) in [5.41, 5.74) is 5.67.